The summed E-state index contributed by atoms with van der Waals surface area (Å²) in [5.41, 5.74) is 3.13. The summed E-state index contributed by atoms with van der Waals surface area (Å²) in [5.74, 6) is 5.39. The predicted octanol–water partition coefficient (Wildman–Crippen LogP) is 3.92. The van der Waals surface area contributed by atoms with Gasteiger partial charge in [-0.1, -0.05) is 88.2 Å². The first-order chi connectivity index (χ1) is 65.3. The molecule has 0 bridgehead atoms. The monoisotopic (exact) mass is 2050 g/mol. The van der Waals surface area contributed by atoms with Crippen molar-refractivity contribution in [2.45, 2.75) is 13.2 Å². The van der Waals surface area contributed by atoms with Crippen LogP contribution in [0.2, 0.25) is 0 Å². The first-order valence-corrected chi connectivity index (χ1v) is 40.8. The van der Waals surface area contributed by atoms with Gasteiger partial charge in [0.05, 0.1) is 105 Å². The van der Waals surface area contributed by atoms with E-state index in [-0.39, 0.29) is 190 Å². The predicted molar refractivity (Wildman–Crippen MR) is 486 cm³/mol. The molecule has 8 heterocycles. The largest absolute Gasteiger partial charge is 1.00 e. The molecule has 47 heteroatoms. The molecule has 0 saturated heterocycles. The molecule has 10 rings (SSSR count). The topological polar surface area (TPSA) is 523 Å². The van der Waals surface area contributed by atoms with E-state index in [0.717, 1.165) is 23.1 Å². The molecule has 0 saturated carbocycles. The maximum Gasteiger partial charge on any atom is 1.00 e. The van der Waals surface area contributed by atoms with Gasteiger partial charge in [0.15, 0.2) is 64.9 Å². The number of nitrogens with one attached hydrogen (secondary N) is 1. The molecule has 0 unspecified atom stereocenters. The molecule has 0 aliphatic carbocycles. The van der Waals surface area contributed by atoms with Gasteiger partial charge in [-0.3, -0.25) is 28.8 Å². The minimum Gasteiger partial charge on any atom is -1.00 e. The van der Waals surface area contributed by atoms with E-state index in [9.17, 15) is 24.0 Å². The zero-order chi connectivity index (χ0) is 98.9. The summed E-state index contributed by atoms with van der Waals surface area (Å²) in [6.45, 7) is 6.56. The summed E-state index contributed by atoms with van der Waals surface area (Å²) in [5, 5.41) is 36.6. The number of benzene rings is 2. The number of aromatic nitrogens is 8. The van der Waals surface area contributed by atoms with Crippen molar-refractivity contribution in [3.8, 4) is 87.2 Å². The minimum absolute atomic E-state index is 0. The SMILES string of the molecule is COCCBr.COCCOc1cc(C=O)c(O)cn1.COCCOc1cc(C=O)c(OCOC)cn1.COCCOc1ccc(OCOC)cn1.COCCOc1ncc(O)cc1C=O.COCCOc1ncc(OCOC)cc1C=O.COCCl.COCOc1ccc(=O)[nH]c1.COCOc1ccc(OCc2ccccc2)nc1.O=CO[O-].Oc1ccc(OCc2ccccc2)nc1.[H-].[K+].[K+]. The molecule has 4 N–H and O–H groups in total. The van der Waals surface area contributed by atoms with Gasteiger partial charge < -0.3 is 146 Å². The Kier molecular flexibility index (Phi) is 88.9. The van der Waals surface area contributed by atoms with Crippen LogP contribution in [-0.2, 0) is 79.7 Å². The Morgan fingerprint density at radius 1 is 0.353 bits per heavy atom. The molecule has 0 atom stereocenters. The molecule has 0 radical (unpaired) electrons. The van der Waals surface area contributed by atoms with Crippen molar-refractivity contribution in [1.29, 1.82) is 0 Å². The Morgan fingerprint density at radius 3 is 1.10 bits per heavy atom. The van der Waals surface area contributed by atoms with Crippen LogP contribution in [0.25, 0.3) is 0 Å². The molecule has 2 aromatic carbocycles. The fourth-order valence-electron chi connectivity index (χ4n) is 8.06. The van der Waals surface area contributed by atoms with Gasteiger partial charge in [0.1, 0.15) is 92.6 Å². The van der Waals surface area contributed by atoms with Crippen LogP contribution in [0.5, 0.6) is 87.2 Å². The van der Waals surface area contributed by atoms with E-state index in [1.54, 1.807) is 125 Å². The number of aromatic amines is 1. The summed E-state index contributed by atoms with van der Waals surface area (Å²) in [7, 11) is 18.8. The van der Waals surface area contributed by atoms with E-state index >= 15 is 0 Å². The van der Waals surface area contributed by atoms with Gasteiger partial charge in [0.25, 0.3) is 6.47 Å². The second-order valence-electron chi connectivity index (χ2n) is 24.0. The van der Waals surface area contributed by atoms with E-state index in [1.807, 2.05) is 60.7 Å². The molecule has 43 nitrogen and oxygen atoms in total. The Hall–Kier alpha value is -9.89. The number of alkyl halides is 2. The third-order valence-electron chi connectivity index (χ3n) is 14.1. The van der Waals surface area contributed by atoms with E-state index in [4.69, 9.17) is 136 Å². The first kappa shape index (κ1) is 130. The molecular weight excluding hydrogens is 1930 g/mol. The second-order valence-corrected chi connectivity index (χ2v) is 25.0. The number of pyridine rings is 8. The van der Waals surface area contributed by atoms with Crippen LogP contribution in [0.1, 0.15) is 54.0 Å². The van der Waals surface area contributed by atoms with Gasteiger partial charge in [0, 0.05) is 133 Å². The van der Waals surface area contributed by atoms with Gasteiger partial charge in [-0.25, -0.2) is 34.9 Å². The molecule has 0 spiro atoms. The van der Waals surface area contributed by atoms with Gasteiger partial charge >= 0.3 is 103 Å². The van der Waals surface area contributed by atoms with Crippen LogP contribution >= 0.6 is 27.5 Å². The van der Waals surface area contributed by atoms with Crippen molar-refractivity contribution in [2.75, 3.05) is 203 Å². The van der Waals surface area contributed by atoms with E-state index < -0.39 is 0 Å². The molecule has 0 fully saturated rings. The fraction of sp³-hybridized carbons (Fsp3) is 0.360. The van der Waals surface area contributed by atoms with Crippen LogP contribution in [0.15, 0.2) is 188 Å². The average molecular weight is 2050 g/mol. The van der Waals surface area contributed by atoms with Gasteiger partial charge in [-0.15, -0.1) is 0 Å². The summed E-state index contributed by atoms with van der Waals surface area (Å²) < 4.78 is 120. The number of rotatable bonds is 49. The number of aromatic hydroxyl groups is 3. The van der Waals surface area contributed by atoms with Crippen molar-refractivity contribution < 1.29 is 267 Å². The second kappa shape index (κ2) is 92.8. The number of halogens is 2. The van der Waals surface area contributed by atoms with E-state index in [2.05, 4.69) is 74.9 Å². The fourth-order valence-corrected chi connectivity index (χ4v) is 8.39. The minimum atomic E-state index is -0.181. The van der Waals surface area contributed by atoms with Crippen LogP contribution < -0.4 is 170 Å². The van der Waals surface area contributed by atoms with E-state index in [0.29, 0.717) is 180 Å². The number of aldehydes is 4. The Labute approximate surface area is 888 Å². The average Bonchev–Trinajstić information content (AvgIpc) is 0.874. The number of ether oxygens (including phenoxy) is 24. The van der Waals surface area contributed by atoms with Crippen LogP contribution in [-0.4, -0.2) is 290 Å². The van der Waals surface area contributed by atoms with E-state index in [1.165, 1.54) is 82.8 Å². The van der Waals surface area contributed by atoms with Gasteiger partial charge in [-0.2, -0.15) is 0 Å². The first-order valence-electron chi connectivity index (χ1n) is 39.1. The molecule has 8 aromatic heterocycles. The summed E-state index contributed by atoms with van der Waals surface area (Å²) in [6.07, 6.45) is 13.8. The normalized spacial score (nSPS) is 9.49. The standard InChI is InChI=1S/C14H15NO3.C12H11NO2.2C11H15NO5.C10H15NO4.2C9H11NO4.C7H9NO3.C3H7BrO.C2H5ClO.CH2O3.2K.H/c1-16-11-18-13-7-8-14(15-9-13)17-10-12-5-3-2-4-6-12;14-11-6-7-12(13-8-11)15-9-10-4-2-1-3-5-10;1-14-3-4-16-11-5-9(7-13)10(6-12-11)17-8-15-2;1-14-3-4-16-11-9(7-13)5-10(6-12-11)17-8-15-2;1-12-5-6-14-10-4-3-9(7-11-10)15-8-13-2;1-13-2-3-14-9-4-7(6-11)8(12)5-10-9;1-13-2-3-14-9-7(6-11)4-8(12)5-10-9;1-10-5-11-6-2-3-7(9)8-4-6;1-5-3-2-4;1-4-2-3;2-1-4-3;;;/h2-9H,10-11H2,1H3;1-8,14H,9H2;2*5-7H,3-4,8H2,1-2H3;3-4,7H,5-6,8H2,1-2H3;2*4-6,12H,2-3H2,1H3;2-4H,5H2,1H3,(H,8,9);2-3H2,1H3;2H2,1H3;1,3H;;;/q;;;;;;;;;;;2*+1;-1/p-1. The maximum atomic E-state index is 10.8. The number of hydrogen-bond acceptors (Lipinski definition) is 42. The van der Waals surface area contributed by atoms with Crippen molar-refractivity contribution in [1.82, 2.24) is 39.9 Å². The molecule has 0 amide bonds. The van der Waals surface area contributed by atoms with Crippen LogP contribution in [0, 0.1) is 0 Å². The van der Waals surface area contributed by atoms with Crippen molar-refractivity contribution in [2.24, 2.45) is 0 Å². The summed E-state index contributed by atoms with van der Waals surface area (Å²) in [4.78, 5) is 94.6. The van der Waals surface area contributed by atoms with Crippen LogP contribution in [0.3, 0.4) is 0 Å². The number of methoxy groups -OCH3 is 12. The molecule has 0 aliphatic rings. The Bertz CT molecular complexity index is 4600. The molecule has 136 heavy (non-hydrogen) atoms. The van der Waals surface area contributed by atoms with Crippen molar-refractivity contribution in [3.05, 3.63) is 227 Å². The van der Waals surface area contributed by atoms with Gasteiger partial charge in [-0.05, 0) is 47.5 Å². The number of nitrogens with zero attached hydrogens (tertiary/aromatic N) is 7. The quantitative estimate of drug-likeness (QED) is 0.00798. The smallest absolute Gasteiger partial charge is 1.00 e. The third-order valence-corrected chi connectivity index (χ3v) is 14.7. The maximum absolute atomic E-state index is 10.8. The van der Waals surface area contributed by atoms with Crippen LogP contribution in [0.4, 0.5) is 0 Å². The van der Waals surface area contributed by atoms with Gasteiger partial charge in [0.2, 0.25) is 46.7 Å². The van der Waals surface area contributed by atoms with Crippen molar-refractivity contribution in [3.63, 3.8) is 0 Å². The number of carbonyl (C=O) groups excluding carboxylic acids is 5. The molecule has 10 aromatic rings. The number of carbonyl (C=O) groups is 5. The third kappa shape index (κ3) is 69.0. The summed E-state index contributed by atoms with van der Waals surface area (Å²) >= 11 is 8.15. The zero-order valence-electron chi connectivity index (χ0n) is 79.1. The Morgan fingerprint density at radius 2 is 0.713 bits per heavy atom. The molecule has 738 valence electrons. The number of H-pyrrole nitrogens is 1. The van der Waals surface area contributed by atoms with Crippen molar-refractivity contribution >= 4 is 59.1 Å². The molecular formula is C89H116BrClK2N8O35. The Balaban J connectivity index is -0.000000723. The zero-order valence-corrected chi connectivity index (χ0v) is 86.7. The number of hydrogen-bond donors (Lipinski definition) is 4. The summed E-state index contributed by atoms with van der Waals surface area (Å²) in [6, 6.07) is 39.1. The molecule has 0 aliphatic heterocycles.